The first-order valence-corrected chi connectivity index (χ1v) is 6.04. The van der Waals surface area contributed by atoms with Crippen LogP contribution in [0.1, 0.15) is 24.2 Å². The molecule has 0 spiro atoms. The van der Waals surface area contributed by atoms with Gasteiger partial charge >= 0.3 is 0 Å². The van der Waals surface area contributed by atoms with Crippen molar-refractivity contribution in [3.63, 3.8) is 0 Å². The molecule has 9 heteroatoms. The van der Waals surface area contributed by atoms with Gasteiger partial charge in [-0.15, -0.1) is 0 Å². The number of hydrogen-bond donors (Lipinski definition) is 3. The number of nitrogens with zero attached hydrogens (tertiary/aromatic N) is 1. The fraction of sp³-hybridized carbons (Fsp3) is 0.333. The first-order valence-electron chi connectivity index (χ1n) is 6.04. The summed E-state index contributed by atoms with van der Waals surface area (Å²) < 4.78 is 13.6. The smallest absolute Gasteiger partial charge is 0.293 e. The van der Waals surface area contributed by atoms with Crippen LogP contribution in [0, 0.1) is 15.9 Å². The third kappa shape index (κ3) is 4.13. The number of nitrogens with one attached hydrogen (secondary N) is 2. The number of benzene rings is 1. The minimum atomic E-state index is -1.00. The van der Waals surface area contributed by atoms with Crippen LogP contribution in [0.25, 0.3) is 0 Å². The number of hydrogen-bond acceptors (Lipinski definition) is 5. The lowest BCUT2D eigenvalue weighted by molar-refractivity contribution is -0.384. The summed E-state index contributed by atoms with van der Waals surface area (Å²) >= 11 is 0. The van der Waals surface area contributed by atoms with Crippen molar-refractivity contribution in [2.24, 2.45) is 0 Å². The number of amides is 2. The molecule has 8 nitrogen and oxygen atoms in total. The Morgan fingerprint density at radius 3 is 2.57 bits per heavy atom. The molecule has 0 saturated heterocycles. The molecule has 0 bridgehead atoms. The van der Waals surface area contributed by atoms with Gasteiger partial charge in [-0.2, -0.15) is 0 Å². The van der Waals surface area contributed by atoms with Crippen molar-refractivity contribution in [2.45, 2.75) is 19.9 Å². The number of carbonyl (C=O) groups excluding carboxylic acids is 2. The van der Waals surface area contributed by atoms with E-state index in [1.807, 2.05) is 0 Å². The highest BCUT2D eigenvalue weighted by Crippen LogP contribution is 2.27. The van der Waals surface area contributed by atoms with Gasteiger partial charge in [-0.3, -0.25) is 19.7 Å². The standard InChI is InChI=1S/C12H15FN4O4/c1-6(2)16-9(18)5-15-12(19)10-7(13)3-4-8(11(10)14)17(20)21/h3-4,6H,5,14H2,1-2H3,(H,15,19)(H,16,18). The van der Waals surface area contributed by atoms with E-state index in [0.717, 1.165) is 12.1 Å². The normalized spacial score (nSPS) is 10.3. The third-order valence-corrected chi connectivity index (χ3v) is 2.45. The van der Waals surface area contributed by atoms with Crippen molar-refractivity contribution in [1.82, 2.24) is 10.6 Å². The van der Waals surface area contributed by atoms with E-state index >= 15 is 0 Å². The van der Waals surface area contributed by atoms with Crippen molar-refractivity contribution >= 4 is 23.2 Å². The summed E-state index contributed by atoms with van der Waals surface area (Å²) in [6.07, 6.45) is 0. The van der Waals surface area contributed by atoms with Gasteiger partial charge in [0.1, 0.15) is 17.1 Å². The zero-order chi connectivity index (χ0) is 16.2. The van der Waals surface area contributed by atoms with Crippen LogP contribution in [0.5, 0.6) is 0 Å². The number of rotatable bonds is 5. The molecule has 114 valence electrons. The average molecular weight is 298 g/mol. The van der Waals surface area contributed by atoms with Gasteiger partial charge in [0.25, 0.3) is 11.6 Å². The predicted octanol–water partition coefficient (Wildman–Crippen LogP) is 0.570. The van der Waals surface area contributed by atoms with Gasteiger partial charge < -0.3 is 16.4 Å². The average Bonchev–Trinajstić information content (AvgIpc) is 2.35. The lowest BCUT2D eigenvalue weighted by Gasteiger charge is -2.10. The molecule has 0 saturated carbocycles. The molecule has 0 aromatic heterocycles. The van der Waals surface area contributed by atoms with E-state index in [1.54, 1.807) is 13.8 Å². The molecular formula is C12H15FN4O4. The van der Waals surface area contributed by atoms with Gasteiger partial charge in [0.15, 0.2) is 0 Å². The maximum atomic E-state index is 13.6. The largest absolute Gasteiger partial charge is 0.392 e. The Balaban J connectivity index is 2.90. The molecule has 1 aromatic carbocycles. The summed E-state index contributed by atoms with van der Waals surface area (Å²) in [5.74, 6) is -2.46. The maximum Gasteiger partial charge on any atom is 0.293 e. The van der Waals surface area contributed by atoms with Gasteiger partial charge in [-0.1, -0.05) is 0 Å². The molecule has 0 heterocycles. The quantitative estimate of drug-likeness (QED) is 0.416. The van der Waals surface area contributed by atoms with Crippen molar-refractivity contribution in [1.29, 1.82) is 0 Å². The van der Waals surface area contributed by atoms with Gasteiger partial charge in [0, 0.05) is 12.1 Å². The maximum absolute atomic E-state index is 13.6. The molecule has 1 rings (SSSR count). The second-order valence-corrected chi connectivity index (χ2v) is 4.52. The highest BCUT2D eigenvalue weighted by atomic mass is 19.1. The van der Waals surface area contributed by atoms with E-state index in [0.29, 0.717) is 0 Å². The van der Waals surface area contributed by atoms with E-state index in [1.165, 1.54) is 0 Å². The number of halogens is 1. The number of nitro groups is 1. The molecule has 21 heavy (non-hydrogen) atoms. The number of nitro benzene ring substituents is 1. The van der Waals surface area contributed by atoms with E-state index in [2.05, 4.69) is 10.6 Å². The van der Waals surface area contributed by atoms with E-state index in [4.69, 9.17) is 5.73 Å². The topological polar surface area (TPSA) is 127 Å². The zero-order valence-electron chi connectivity index (χ0n) is 11.5. The van der Waals surface area contributed by atoms with Gasteiger partial charge in [-0.05, 0) is 19.9 Å². The zero-order valence-corrected chi connectivity index (χ0v) is 11.5. The fourth-order valence-electron chi connectivity index (χ4n) is 1.59. The summed E-state index contributed by atoms with van der Waals surface area (Å²) in [6, 6.07) is 1.53. The molecule has 2 amide bonds. The van der Waals surface area contributed by atoms with Crippen molar-refractivity contribution < 1.29 is 18.9 Å². The van der Waals surface area contributed by atoms with Crippen LogP contribution >= 0.6 is 0 Å². The Bertz CT molecular complexity index is 589. The fourth-order valence-corrected chi connectivity index (χ4v) is 1.59. The molecule has 0 unspecified atom stereocenters. The Morgan fingerprint density at radius 1 is 1.43 bits per heavy atom. The van der Waals surface area contributed by atoms with Crippen LogP contribution in [-0.2, 0) is 4.79 Å². The van der Waals surface area contributed by atoms with Crippen LogP contribution < -0.4 is 16.4 Å². The Morgan fingerprint density at radius 2 is 2.05 bits per heavy atom. The second-order valence-electron chi connectivity index (χ2n) is 4.52. The molecule has 0 aliphatic heterocycles. The van der Waals surface area contributed by atoms with Crippen LogP contribution in [0.4, 0.5) is 15.8 Å². The summed E-state index contributed by atoms with van der Waals surface area (Å²) in [7, 11) is 0. The Hall–Kier alpha value is -2.71. The number of nitrogens with two attached hydrogens (primary N) is 1. The van der Waals surface area contributed by atoms with Crippen molar-refractivity contribution in [3.8, 4) is 0 Å². The molecule has 0 atom stereocenters. The van der Waals surface area contributed by atoms with Crippen molar-refractivity contribution in [3.05, 3.63) is 33.6 Å². The third-order valence-electron chi connectivity index (χ3n) is 2.45. The molecule has 4 N–H and O–H groups in total. The molecule has 0 radical (unpaired) electrons. The Kier molecular flexibility index (Phi) is 5.17. The van der Waals surface area contributed by atoms with Crippen LogP contribution in [0.15, 0.2) is 12.1 Å². The summed E-state index contributed by atoms with van der Waals surface area (Å²) in [5, 5.41) is 15.4. The van der Waals surface area contributed by atoms with Gasteiger partial charge in [-0.25, -0.2) is 4.39 Å². The molecule has 0 fully saturated rings. The second kappa shape index (κ2) is 6.64. The minimum absolute atomic E-state index is 0.117. The van der Waals surface area contributed by atoms with Crippen LogP contribution in [-0.4, -0.2) is 29.3 Å². The highest BCUT2D eigenvalue weighted by molar-refractivity contribution is 6.02. The SMILES string of the molecule is CC(C)NC(=O)CNC(=O)c1c(F)ccc([N+](=O)[O-])c1N. The number of carbonyl (C=O) groups is 2. The van der Waals surface area contributed by atoms with E-state index < -0.39 is 46.0 Å². The van der Waals surface area contributed by atoms with Crippen LogP contribution in [0.3, 0.4) is 0 Å². The predicted molar refractivity (Wildman–Crippen MR) is 73.1 cm³/mol. The number of anilines is 1. The lowest BCUT2D eigenvalue weighted by Crippen LogP contribution is -2.40. The van der Waals surface area contributed by atoms with Crippen LogP contribution in [0.2, 0.25) is 0 Å². The first kappa shape index (κ1) is 16.3. The molecular weight excluding hydrogens is 283 g/mol. The van der Waals surface area contributed by atoms with Gasteiger partial charge in [0.05, 0.1) is 11.5 Å². The molecule has 1 aromatic rings. The minimum Gasteiger partial charge on any atom is -0.392 e. The summed E-state index contributed by atoms with van der Waals surface area (Å²) in [6.45, 7) is 3.08. The summed E-state index contributed by atoms with van der Waals surface area (Å²) in [5.41, 5.74) is 3.62. The summed E-state index contributed by atoms with van der Waals surface area (Å²) in [4.78, 5) is 33.1. The highest BCUT2D eigenvalue weighted by Gasteiger charge is 2.23. The van der Waals surface area contributed by atoms with Gasteiger partial charge in [0.2, 0.25) is 5.91 Å². The van der Waals surface area contributed by atoms with Crippen molar-refractivity contribution in [2.75, 3.05) is 12.3 Å². The Labute approximate surface area is 119 Å². The molecule has 0 aliphatic carbocycles. The number of nitrogen functional groups attached to an aromatic ring is 1. The lowest BCUT2D eigenvalue weighted by atomic mass is 10.1. The van der Waals surface area contributed by atoms with E-state index in [9.17, 15) is 24.1 Å². The van der Waals surface area contributed by atoms with E-state index in [-0.39, 0.29) is 6.04 Å². The monoisotopic (exact) mass is 298 g/mol. The molecule has 0 aliphatic rings. The first-order chi connectivity index (χ1) is 9.73.